The zero-order valence-electron chi connectivity index (χ0n) is 15.7. The number of nitro benzene ring substituents is 2. The van der Waals surface area contributed by atoms with E-state index in [-0.39, 0.29) is 16.9 Å². The van der Waals surface area contributed by atoms with Crippen LogP contribution in [0.2, 0.25) is 0 Å². The summed E-state index contributed by atoms with van der Waals surface area (Å²) >= 11 is 0. The fourth-order valence-electron chi connectivity index (χ4n) is 2.13. The second-order valence-corrected chi connectivity index (χ2v) is 5.84. The summed E-state index contributed by atoms with van der Waals surface area (Å²) in [6, 6.07) is 15.2. The standard InChI is InChI=1S/C13H10N4O5.C6H7NO/c18-13(14-9-1-5-11(6-2-9)16(19)20)15-10-3-7-12(8-4-10)17(21)22;1-7-5-3-2-4-6(7)8/h1-8H,(H2,14,15,18);2-5H,1H3. The topological polar surface area (TPSA) is 149 Å². The Hall–Kier alpha value is -4.54. The number of nitrogens with zero attached hydrogens (tertiary/aromatic N) is 3. The number of hydrogen-bond donors (Lipinski definition) is 2. The van der Waals surface area contributed by atoms with Gasteiger partial charge in [0.15, 0.2) is 0 Å². The highest BCUT2D eigenvalue weighted by Gasteiger charge is 2.08. The minimum atomic E-state index is -0.567. The summed E-state index contributed by atoms with van der Waals surface area (Å²) in [5.74, 6) is 0. The summed E-state index contributed by atoms with van der Waals surface area (Å²) in [7, 11) is 1.72. The molecule has 3 rings (SSSR count). The predicted octanol–water partition coefficient (Wildman–Crippen LogP) is 3.53. The summed E-state index contributed by atoms with van der Waals surface area (Å²) < 4.78 is 1.53. The van der Waals surface area contributed by atoms with Gasteiger partial charge < -0.3 is 15.2 Å². The molecule has 1 heterocycles. The average Bonchev–Trinajstić information content (AvgIpc) is 2.71. The number of non-ortho nitro benzene ring substituents is 2. The summed E-state index contributed by atoms with van der Waals surface area (Å²) in [6.45, 7) is 0. The Morgan fingerprint density at radius 3 is 1.53 bits per heavy atom. The molecule has 11 heteroatoms. The molecule has 2 N–H and O–H groups in total. The van der Waals surface area contributed by atoms with Crippen LogP contribution in [0.1, 0.15) is 0 Å². The maximum atomic E-state index is 11.7. The van der Waals surface area contributed by atoms with E-state index >= 15 is 0 Å². The number of benzene rings is 2. The van der Waals surface area contributed by atoms with Crippen LogP contribution in [-0.2, 0) is 7.05 Å². The van der Waals surface area contributed by atoms with E-state index in [1.54, 1.807) is 19.3 Å². The van der Waals surface area contributed by atoms with Crippen molar-refractivity contribution in [2.24, 2.45) is 7.05 Å². The largest absolute Gasteiger partial charge is 0.323 e. The SMILES string of the molecule is Cn1ccccc1=O.O=C(Nc1ccc([N+](=O)[O-])cc1)Nc1ccc([N+](=O)[O-])cc1. The fourth-order valence-corrected chi connectivity index (χ4v) is 2.13. The molecule has 0 spiro atoms. The van der Waals surface area contributed by atoms with Gasteiger partial charge in [0.05, 0.1) is 9.85 Å². The van der Waals surface area contributed by atoms with Crippen molar-refractivity contribution in [2.45, 2.75) is 0 Å². The number of aromatic nitrogens is 1. The van der Waals surface area contributed by atoms with Crippen molar-refractivity contribution in [3.63, 3.8) is 0 Å². The molecule has 2 amide bonds. The Balaban J connectivity index is 0.000000335. The highest BCUT2D eigenvalue weighted by molar-refractivity contribution is 5.99. The molecule has 0 fully saturated rings. The minimum absolute atomic E-state index is 0.0347. The summed E-state index contributed by atoms with van der Waals surface area (Å²) in [4.78, 5) is 42.2. The number of nitrogens with one attached hydrogen (secondary N) is 2. The Bertz CT molecular complexity index is 1030. The van der Waals surface area contributed by atoms with Gasteiger partial charge in [0.2, 0.25) is 5.56 Å². The van der Waals surface area contributed by atoms with E-state index in [9.17, 15) is 29.8 Å². The molecular weight excluding hydrogens is 394 g/mol. The smallest absolute Gasteiger partial charge is 0.319 e. The molecule has 30 heavy (non-hydrogen) atoms. The summed E-state index contributed by atoms with van der Waals surface area (Å²) in [6.07, 6.45) is 1.72. The molecule has 0 aliphatic carbocycles. The highest BCUT2D eigenvalue weighted by Crippen LogP contribution is 2.17. The van der Waals surface area contributed by atoms with Gasteiger partial charge in [-0.2, -0.15) is 0 Å². The first-order chi connectivity index (χ1) is 14.3. The van der Waals surface area contributed by atoms with Crippen LogP contribution in [0.3, 0.4) is 0 Å². The zero-order valence-corrected chi connectivity index (χ0v) is 15.7. The quantitative estimate of drug-likeness (QED) is 0.495. The Kier molecular flexibility index (Phi) is 7.34. The van der Waals surface area contributed by atoms with Crippen LogP contribution < -0.4 is 16.2 Å². The summed E-state index contributed by atoms with van der Waals surface area (Å²) in [5.41, 5.74) is 0.630. The van der Waals surface area contributed by atoms with Gasteiger partial charge in [0, 0.05) is 55.0 Å². The molecule has 0 atom stereocenters. The van der Waals surface area contributed by atoms with Crippen LogP contribution in [0.5, 0.6) is 0 Å². The number of rotatable bonds is 4. The van der Waals surface area contributed by atoms with Crippen molar-refractivity contribution >= 4 is 28.8 Å². The van der Waals surface area contributed by atoms with Gasteiger partial charge in [0.25, 0.3) is 11.4 Å². The van der Waals surface area contributed by atoms with Crippen LogP contribution >= 0.6 is 0 Å². The van der Waals surface area contributed by atoms with Gasteiger partial charge in [-0.15, -0.1) is 0 Å². The Labute approximate surface area is 169 Å². The zero-order chi connectivity index (χ0) is 22.1. The lowest BCUT2D eigenvalue weighted by Crippen LogP contribution is -2.19. The van der Waals surface area contributed by atoms with Crippen LogP contribution in [0.4, 0.5) is 27.5 Å². The third-order valence-corrected chi connectivity index (χ3v) is 3.68. The van der Waals surface area contributed by atoms with Gasteiger partial charge in [-0.25, -0.2) is 4.79 Å². The number of aryl methyl sites for hydroxylation is 1. The molecule has 0 unspecified atom stereocenters. The second kappa shape index (κ2) is 10.1. The molecule has 0 bridgehead atoms. The lowest BCUT2D eigenvalue weighted by Gasteiger charge is -2.07. The summed E-state index contributed by atoms with van der Waals surface area (Å²) in [5, 5.41) is 26.0. The predicted molar refractivity (Wildman–Crippen MR) is 111 cm³/mol. The van der Waals surface area contributed by atoms with Crippen molar-refractivity contribution < 1.29 is 14.6 Å². The normalized spacial score (nSPS) is 9.63. The number of anilines is 2. The molecule has 0 aliphatic rings. The number of nitro groups is 2. The minimum Gasteiger partial charge on any atom is -0.319 e. The number of urea groups is 1. The van der Waals surface area contributed by atoms with Crippen molar-refractivity contribution in [1.29, 1.82) is 0 Å². The molecule has 2 aromatic carbocycles. The maximum Gasteiger partial charge on any atom is 0.323 e. The maximum absolute atomic E-state index is 11.7. The van der Waals surface area contributed by atoms with Crippen LogP contribution in [0.15, 0.2) is 77.7 Å². The van der Waals surface area contributed by atoms with Gasteiger partial charge in [0.1, 0.15) is 0 Å². The molecule has 0 aliphatic heterocycles. The van der Waals surface area contributed by atoms with E-state index in [4.69, 9.17) is 0 Å². The van der Waals surface area contributed by atoms with E-state index in [1.807, 2.05) is 6.07 Å². The van der Waals surface area contributed by atoms with Crippen LogP contribution in [0, 0.1) is 20.2 Å². The molecular formula is C19H17N5O6. The third kappa shape index (κ3) is 6.56. The van der Waals surface area contributed by atoms with Crippen LogP contribution in [-0.4, -0.2) is 20.4 Å². The lowest BCUT2D eigenvalue weighted by atomic mass is 10.3. The molecule has 0 saturated carbocycles. The van der Waals surface area contributed by atoms with Gasteiger partial charge in [-0.1, -0.05) is 6.07 Å². The molecule has 0 saturated heterocycles. The first kappa shape index (κ1) is 21.8. The number of carbonyl (C=O) groups is 1. The highest BCUT2D eigenvalue weighted by atomic mass is 16.6. The Morgan fingerprint density at radius 2 is 1.23 bits per heavy atom. The van der Waals surface area contributed by atoms with E-state index in [1.165, 1.54) is 59.2 Å². The number of carbonyl (C=O) groups excluding carboxylic acids is 1. The fraction of sp³-hybridized carbons (Fsp3) is 0.0526. The monoisotopic (exact) mass is 411 g/mol. The van der Waals surface area contributed by atoms with Crippen LogP contribution in [0.25, 0.3) is 0 Å². The van der Waals surface area contributed by atoms with E-state index in [0.717, 1.165) is 0 Å². The number of amides is 2. The lowest BCUT2D eigenvalue weighted by molar-refractivity contribution is -0.385. The van der Waals surface area contributed by atoms with E-state index in [0.29, 0.717) is 11.4 Å². The van der Waals surface area contributed by atoms with Crippen molar-refractivity contribution in [3.8, 4) is 0 Å². The molecule has 3 aromatic rings. The van der Waals surface area contributed by atoms with E-state index < -0.39 is 15.9 Å². The van der Waals surface area contributed by atoms with Gasteiger partial charge in [-0.3, -0.25) is 25.0 Å². The molecule has 0 radical (unpaired) electrons. The molecule has 1 aromatic heterocycles. The Morgan fingerprint density at radius 1 is 0.800 bits per heavy atom. The number of hydrogen-bond acceptors (Lipinski definition) is 6. The first-order valence-corrected chi connectivity index (χ1v) is 8.45. The van der Waals surface area contributed by atoms with Crippen molar-refractivity contribution in [1.82, 2.24) is 4.57 Å². The third-order valence-electron chi connectivity index (χ3n) is 3.68. The molecule has 154 valence electrons. The number of pyridine rings is 1. The second-order valence-electron chi connectivity index (χ2n) is 5.84. The average molecular weight is 411 g/mol. The first-order valence-electron chi connectivity index (χ1n) is 8.45. The van der Waals surface area contributed by atoms with Gasteiger partial charge >= 0.3 is 6.03 Å². The van der Waals surface area contributed by atoms with Gasteiger partial charge in [-0.05, 0) is 30.3 Å². The van der Waals surface area contributed by atoms with E-state index in [2.05, 4.69) is 10.6 Å². The molecule has 11 nitrogen and oxygen atoms in total. The van der Waals surface area contributed by atoms with Crippen molar-refractivity contribution in [3.05, 3.63) is 104 Å². The van der Waals surface area contributed by atoms with Crippen molar-refractivity contribution in [2.75, 3.05) is 10.6 Å².